The molecule has 0 aromatic heterocycles. The van der Waals surface area contributed by atoms with Crippen LogP contribution in [0.25, 0.3) is 0 Å². The van der Waals surface area contributed by atoms with Crippen molar-refractivity contribution in [2.45, 2.75) is 6.92 Å². The van der Waals surface area contributed by atoms with Gasteiger partial charge < -0.3 is 9.84 Å². The standard InChI is InChI=1S/C15H13F2NO2/c1-2-20-14-5-3-4-10(15(14)19)9-18-13-7-6-11(16)8-12(13)17/h3-9,19H,2H2,1H3. The molecule has 0 unspecified atom stereocenters. The zero-order valence-electron chi connectivity index (χ0n) is 10.8. The molecule has 0 aliphatic carbocycles. The average Bonchev–Trinajstić information content (AvgIpc) is 2.42. The molecule has 0 amide bonds. The van der Waals surface area contributed by atoms with Gasteiger partial charge in [-0.25, -0.2) is 8.78 Å². The minimum absolute atomic E-state index is 0.00684. The largest absolute Gasteiger partial charge is 0.504 e. The predicted molar refractivity (Wildman–Crippen MR) is 72.9 cm³/mol. The second kappa shape index (κ2) is 6.14. The van der Waals surface area contributed by atoms with E-state index in [2.05, 4.69) is 4.99 Å². The minimum atomic E-state index is -0.762. The fourth-order valence-electron chi connectivity index (χ4n) is 1.64. The zero-order valence-corrected chi connectivity index (χ0v) is 10.8. The van der Waals surface area contributed by atoms with Gasteiger partial charge in [-0.1, -0.05) is 6.07 Å². The van der Waals surface area contributed by atoms with Crippen LogP contribution < -0.4 is 4.74 Å². The number of hydrogen-bond donors (Lipinski definition) is 1. The van der Waals surface area contributed by atoms with Gasteiger partial charge in [0.1, 0.15) is 5.82 Å². The van der Waals surface area contributed by atoms with Gasteiger partial charge in [-0.3, -0.25) is 4.99 Å². The lowest BCUT2D eigenvalue weighted by molar-refractivity contribution is 0.318. The molecule has 0 aliphatic rings. The van der Waals surface area contributed by atoms with E-state index in [4.69, 9.17) is 4.74 Å². The van der Waals surface area contributed by atoms with Crippen molar-refractivity contribution in [2.24, 2.45) is 4.99 Å². The summed E-state index contributed by atoms with van der Waals surface area (Å²) < 4.78 is 31.4. The molecule has 5 heteroatoms. The molecule has 20 heavy (non-hydrogen) atoms. The number of rotatable bonds is 4. The SMILES string of the molecule is CCOc1cccc(C=Nc2ccc(F)cc2F)c1O. The molecule has 0 heterocycles. The summed E-state index contributed by atoms with van der Waals surface area (Å²) in [6.07, 6.45) is 1.30. The second-order valence-corrected chi connectivity index (χ2v) is 3.98. The van der Waals surface area contributed by atoms with Crippen molar-refractivity contribution in [3.8, 4) is 11.5 Å². The number of phenols is 1. The summed E-state index contributed by atoms with van der Waals surface area (Å²) in [7, 11) is 0. The molecule has 104 valence electrons. The number of hydrogen-bond acceptors (Lipinski definition) is 3. The van der Waals surface area contributed by atoms with E-state index in [1.807, 2.05) is 0 Å². The maximum Gasteiger partial charge on any atom is 0.166 e. The second-order valence-electron chi connectivity index (χ2n) is 3.98. The first-order valence-electron chi connectivity index (χ1n) is 6.05. The Balaban J connectivity index is 2.29. The van der Waals surface area contributed by atoms with Crippen LogP contribution >= 0.6 is 0 Å². The number of aromatic hydroxyl groups is 1. The highest BCUT2D eigenvalue weighted by Crippen LogP contribution is 2.29. The highest BCUT2D eigenvalue weighted by molar-refractivity contribution is 5.86. The molecule has 0 spiro atoms. The fraction of sp³-hybridized carbons (Fsp3) is 0.133. The molecule has 0 fully saturated rings. The van der Waals surface area contributed by atoms with Crippen LogP contribution in [0.1, 0.15) is 12.5 Å². The first kappa shape index (κ1) is 14.0. The van der Waals surface area contributed by atoms with Gasteiger partial charge >= 0.3 is 0 Å². The van der Waals surface area contributed by atoms with Gasteiger partial charge in [0.05, 0.1) is 12.3 Å². The number of phenolic OH excluding ortho intramolecular Hbond substituents is 1. The van der Waals surface area contributed by atoms with Crippen LogP contribution in [0.15, 0.2) is 41.4 Å². The van der Waals surface area contributed by atoms with Crippen molar-refractivity contribution in [1.82, 2.24) is 0 Å². The molecule has 0 bridgehead atoms. The lowest BCUT2D eigenvalue weighted by Crippen LogP contribution is -1.93. The zero-order chi connectivity index (χ0) is 14.5. The molecule has 3 nitrogen and oxygen atoms in total. The van der Waals surface area contributed by atoms with Gasteiger partial charge in [0, 0.05) is 17.8 Å². The Labute approximate surface area is 115 Å². The van der Waals surface area contributed by atoms with Crippen molar-refractivity contribution >= 4 is 11.9 Å². The molecule has 0 saturated carbocycles. The Morgan fingerprint density at radius 1 is 1.25 bits per heavy atom. The Morgan fingerprint density at radius 3 is 2.75 bits per heavy atom. The number of benzene rings is 2. The molecule has 0 aliphatic heterocycles. The maximum atomic E-state index is 13.4. The van der Waals surface area contributed by atoms with E-state index in [1.54, 1.807) is 25.1 Å². The Hall–Kier alpha value is -2.43. The summed E-state index contributed by atoms with van der Waals surface area (Å²) in [6, 6.07) is 8.02. The molecule has 2 rings (SSSR count). The third kappa shape index (κ3) is 3.12. The molecular weight excluding hydrogens is 264 g/mol. The summed E-state index contributed by atoms with van der Waals surface area (Å²) in [5, 5.41) is 9.94. The normalized spacial score (nSPS) is 10.9. The van der Waals surface area contributed by atoms with Crippen molar-refractivity contribution in [3.63, 3.8) is 0 Å². The number of nitrogens with zero attached hydrogens (tertiary/aromatic N) is 1. The van der Waals surface area contributed by atoms with Gasteiger partial charge in [0.2, 0.25) is 0 Å². The fourth-order valence-corrected chi connectivity index (χ4v) is 1.64. The topological polar surface area (TPSA) is 41.8 Å². The van der Waals surface area contributed by atoms with Gasteiger partial charge in [-0.2, -0.15) is 0 Å². The van der Waals surface area contributed by atoms with E-state index in [0.717, 1.165) is 12.1 Å². The quantitative estimate of drug-likeness (QED) is 0.863. The maximum absolute atomic E-state index is 13.4. The predicted octanol–water partition coefficient (Wildman–Crippen LogP) is 3.82. The van der Waals surface area contributed by atoms with Crippen molar-refractivity contribution < 1.29 is 18.6 Å². The molecule has 0 radical (unpaired) electrons. The van der Waals surface area contributed by atoms with Crippen LogP contribution in [0.2, 0.25) is 0 Å². The summed E-state index contributed by atoms with van der Waals surface area (Å²) in [6.45, 7) is 2.22. The monoisotopic (exact) mass is 277 g/mol. The third-order valence-electron chi connectivity index (χ3n) is 2.58. The summed E-state index contributed by atoms with van der Waals surface area (Å²) in [5.74, 6) is -1.17. The molecule has 0 atom stereocenters. The van der Waals surface area contributed by atoms with Crippen molar-refractivity contribution in [2.75, 3.05) is 6.61 Å². The highest BCUT2D eigenvalue weighted by Gasteiger charge is 2.06. The highest BCUT2D eigenvalue weighted by atomic mass is 19.1. The molecule has 2 aromatic rings. The number of para-hydroxylation sites is 1. The lowest BCUT2D eigenvalue weighted by atomic mass is 10.2. The third-order valence-corrected chi connectivity index (χ3v) is 2.58. The smallest absolute Gasteiger partial charge is 0.166 e. The molecule has 0 saturated heterocycles. The van der Waals surface area contributed by atoms with Crippen LogP contribution in [-0.4, -0.2) is 17.9 Å². The number of halogens is 2. The van der Waals surface area contributed by atoms with Gasteiger partial charge in [-0.05, 0) is 31.2 Å². The average molecular weight is 277 g/mol. The van der Waals surface area contributed by atoms with Crippen LogP contribution in [0.5, 0.6) is 11.5 Å². The van der Waals surface area contributed by atoms with Crippen molar-refractivity contribution in [1.29, 1.82) is 0 Å². The Morgan fingerprint density at radius 2 is 2.05 bits per heavy atom. The van der Waals surface area contributed by atoms with Crippen LogP contribution in [-0.2, 0) is 0 Å². The van der Waals surface area contributed by atoms with Gasteiger partial charge in [-0.15, -0.1) is 0 Å². The minimum Gasteiger partial charge on any atom is -0.504 e. The van der Waals surface area contributed by atoms with Crippen LogP contribution in [0.4, 0.5) is 14.5 Å². The summed E-state index contributed by atoms with van der Waals surface area (Å²) in [5.41, 5.74) is 0.382. The van der Waals surface area contributed by atoms with E-state index in [9.17, 15) is 13.9 Å². The summed E-state index contributed by atoms with van der Waals surface area (Å²) in [4.78, 5) is 3.90. The number of ether oxygens (including phenoxy) is 1. The molecule has 1 N–H and O–H groups in total. The van der Waals surface area contributed by atoms with E-state index < -0.39 is 11.6 Å². The first-order chi connectivity index (χ1) is 9.61. The van der Waals surface area contributed by atoms with Crippen LogP contribution in [0.3, 0.4) is 0 Å². The number of aliphatic imine (C=N–C) groups is 1. The Bertz CT molecular complexity index is 642. The lowest BCUT2D eigenvalue weighted by Gasteiger charge is -2.07. The van der Waals surface area contributed by atoms with Crippen LogP contribution in [0, 0.1) is 11.6 Å². The van der Waals surface area contributed by atoms with Crippen molar-refractivity contribution in [3.05, 3.63) is 53.6 Å². The first-order valence-corrected chi connectivity index (χ1v) is 6.05. The van der Waals surface area contributed by atoms with E-state index >= 15 is 0 Å². The van der Waals surface area contributed by atoms with E-state index in [-0.39, 0.29) is 11.4 Å². The molecule has 2 aromatic carbocycles. The molecular formula is C15H13F2NO2. The van der Waals surface area contributed by atoms with Gasteiger partial charge in [0.15, 0.2) is 17.3 Å². The van der Waals surface area contributed by atoms with E-state index in [1.165, 1.54) is 12.3 Å². The van der Waals surface area contributed by atoms with Gasteiger partial charge in [0.25, 0.3) is 0 Å². The summed E-state index contributed by atoms with van der Waals surface area (Å²) >= 11 is 0. The van der Waals surface area contributed by atoms with E-state index in [0.29, 0.717) is 17.9 Å². The Kier molecular flexibility index (Phi) is 4.30.